The van der Waals surface area contributed by atoms with Crippen LogP contribution in [0.1, 0.15) is 36.1 Å². The van der Waals surface area contributed by atoms with Gasteiger partial charge in [-0.25, -0.2) is 4.79 Å². The fourth-order valence-electron chi connectivity index (χ4n) is 6.30. The molecular weight excluding hydrogens is 594 g/mol. The number of hydrogen-bond donors (Lipinski definition) is 0. The van der Waals surface area contributed by atoms with Gasteiger partial charge in [0.2, 0.25) is 0 Å². The standard InChI is InChI=1S/C33H38ClN7O4/c1-38-14-6-9-25(38)22-44-32-36-29-20-40(30-17-26(43-2)10-11-28(30)34)19-27(29)31(37-32)39-15-16-41(24(18-39)12-13-35)33(42)45-21-23-7-4-3-5-8-23/h3-5,7-8,10-11,17,24-25H,6,9,12,14-16,18-22H2,1-2H3/t24-,25-/m0/s1. The van der Waals surface area contributed by atoms with Crippen LogP contribution in [-0.4, -0.2) is 84.9 Å². The van der Waals surface area contributed by atoms with Gasteiger partial charge in [0.25, 0.3) is 0 Å². The first-order chi connectivity index (χ1) is 21.9. The van der Waals surface area contributed by atoms with Crippen molar-refractivity contribution < 1.29 is 19.0 Å². The number of anilines is 2. The minimum Gasteiger partial charge on any atom is -0.497 e. The van der Waals surface area contributed by atoms with Crippen LogP contribution in [0.4, 0.5) is 16.3 Å². The summed E-state index contributed by atoms with van der Waals surface area (Å²) in [6, 6.07) is 17.7. The molecule has 1 aromatic heterocycles. The van der Waals surface area contributed by atoms with Crippen LogP contribution in [0.15, 0.2) is 48.5 Å². The van der Waals surface area contributed by atoms with E-state index in [-0.39, 0.29) is 19.1 Å². The number of likely N-dealkylation sites (tertiary alicyclic amines) is 1. The molecule has 0 unspecified atom stereocenters. The highest BCUT2D eigenvalue weighted by atomic mass is 35.5. The maximum atomic E-state index is 13.2. The van der Waals surface area contributed by atoms with Gasteiger partial charge in [0.15, 0.2) is 0 Å². The zero-order valence-electron chi connectivity index (χ0n) is 25.7. The molecule has 0 N–H and O–H groups in total. The van der Waals surface area contributed by atoms with Gasteiger partial charge in [-0.1, -0.05) is 41.9 Å². The van der Waals surface area contributed by atoms with E-state index < -0.39 is 6.09 Å². The molecule has 45 heavy (non-hydrogen) atoms. The van der Waals surface area contributed by atoms with Gasteiger partial charge in [0.05, 0.1) is 48.6 Å². The molecule has 2 atom stereocenters. The molecule has 6 rings (SSSR count). The summed E-state index contributed by atoms with van der Waals surface area (Å²) in [6.45, 7) is 4.18. The van der Waals surface area contributed by atoms with Crippen molar-refractivity contribution >= 4 is 29.2 Å². The quantitative estimate of drug-likeness (QED) is 0.325. The number of nitrogens with zero attached hydrogens (tertiary/aromatic N) is 7. The molecule has 1 amide bonds. The molecule has 4 heterocycles. The third kappa shape index (κ3) is 6.87. The average Bonchev–Trinajstić information content (AvgIpc) is 3.68. The topological polar surface area (TPSA) is 107 Å². The van der Waals surface area contributed by atoms with Crippen LogP contribution in [0.5, 0.6) is 11.8 Å². The summed E-state index contributed by atoms with van der Waals surface area (Å²) in [4.78, 5) is 31.3. The van der Waals surface area contributed by atoms with Crippen molar-refractivity contribution in [2.24, 2.45) is 0 Å². The molecule has 0 radical (unpaired) electrons. The second-order valence-electron chi connectivity index (χ2n) is 11.7. The number of likely N-dealkylation sites (N-methyl/N-ethyl adjacent to an activating group) is 1. The highest BCUT2D eigenvalue weighted by Crippen LogP contribution is 2.39. The molecule has 0 spiro atoms. The van der Waals surface area contributed by atoms with Crippen molar-refractivity contribution in [2.45, 2.75) is 51.0 Å². The maximum absolute atomic E-state index is 13.2. The zero-order chi connectivity index (χ0) is 31.3. The number of ether oxygens (including phenoxy) is 3. The van der Waals surface area contributed by atoms with Crippen LogP contribution in [-0.2, 0) is 24.4 Å². The Kier molecular flexibility index (Phi) is 9.42. The second-order valence-corrected chi connectivity index (χ2v) is 12.1. The van der Waals surface area contributed by atoms with Gasteiger partial charge in [-0.15, -0.1) is 0 Å². The number of rotatable bonds is 9. The Morgan fingerprint density at radius 2 is 1.91 bits per heavy atom. The summed E-state index contributed by atoms with van der Waals surface area (Å²) in [7, 11) is 3.75. The number of fused-ring (bicyclic) bond motifs is 1. The van der Waals surface area contributed by atoms with Gasteiger partial charge in [-0.3, -0.25) is 0 Å². The second kappa shape index (κ2) is 13.8. The molecule has 2 fully saturated rings. The van der Waals surface area contributed by atoms with Crippen molar-refractivity contribution in [1.29, 1.82) is 5.26 Å². The summed E-state index contributed by atoms with van der Waals surface area (Å²) in [5.74, 6) is 1.48. The Balaban J connectivity index is 1.24. The Bertz CT molecular complexity index is 1550. The SMILES string of the molecule is COc1ccc(Cl)c(N2Cc3nc(OC[C@@H]4CCCN4C)nc(N4CCN(C(=O)OCc5ccccc5)[C@@H](CC#N)C4)c3C2)c1. The van der Waals surface area contributed by atoms with E-state index in [1.54, 1.807) is 12.0 Å². The van der Waals surface area contributed by atoms with Crippen molar-refractivity contribution in [3.05, 3.63) is 70.4 Å². The number of nitriles is 1. The van der Waals surface area contributed by atoms with Gasteiger partial charge in [0, 0.05) is 43.9 Å². The smallest absolute Gasteiger partial charge is 0.410 e. The number of piperazine rings is 1. The molecule has 2 saturated heterocycles. The number of halogens is 1. The Labute approximate surface area is 268 Å². The van der Waals surface area contributed by atoms with E-state index in [1.807, 2.05) is 48.5 Å². The number of benzene rings is 2. The minimum atomic E-state index is -0.421. The molecule has 11 nitrogen and oxygen atoms in total. The van der Waals surface area contributed by atoms with E-state index in [0.29, 0.717) is 56.4 Å². The van der Waals surface area contributed by atoms with Crippen LogP contribution in [0.3, 0.4) is 0 Å². The predicted molar refractivity (Wildman–Crippen MR) is 171 cm³/mol. The monoisotopic (exact) mass is 631 g/mol. The normalized spacial score (nSPS) is 19.7. The predicted octanol–water partition coefficient (Wildman–Crippen LogP) is 4.87. The Morgan fingerprint density at radius 1 is 1.07 bits per heavy atom. The third-order valence-corrected chi connectivity index (χ3v) is 9.18. The summed E-state index contributed by atoms with van der Waals surface area (Å²) in [6.07, 6.45) is 1.98. The lowest BCUT2D eigenvalue weighted by atomic mass is 10.1. The lowest BCUT2D eigenvalue weighted by Crippen LogP contribution is -2.55. The molecule has 0 saturated carbocycles. The van der Waals surface area contributed by atoms with E-state index >= 15 is 0 Å². The fourth-order valence-corrected chi connectivity index (χ4v) is 6.54. The fraction of sp³-hybridized carbons (Fsp3) is 0.455. The largest absolute Gasteiger partial charge is 0.497 e. The van der Waals surface area contributed by atoms with Crippen LogP contribution in [0.2, 0.25) is 5.02 Å². The molecule has 3 aliphatic heterocycles. The van der Waals surface area contributed by atoms with Crippen LogP contribution in [0, 0.1) is 11.3 Å². The first kappa shape index (κ1) is 30.7. The van der Waals surface area contributed by atoms with Crippen LogP contribution >= 0.6 is 11.6 Å². The lowest BCUT2D eigenvalue weighted by molar-refractivity contribution is 0.0767. The van der Waals surface area contributed by atoms with Gasteiger partial charge in [0.1, 0.15) is 24.8 Å². The molecule has 2 aromatic carbocycles. The average molecular weight is 632 g/mol. The van der Waals surface area contributed by atoms with E-state index in [9.17, 15) is 10.1 Å². The highest BCUT2D eigenvalue weighted by molar-refractivity contribution is 6.33. The highest BCUT2D eigenvalue weighted by Gasteiger charge is 2.36. The lowest BCUT2D eigenvalue weighted by Gasteiger charge is -2.41. The van der Waals surface area contributed by atoms with Gasteiger partial charge in [-0.2, -0.15) is 15.2 Å². The zero-order valence-corrected chi connectivity index (χ0v) is 26.4. The van der Waals surface area contributed by atoms with Crippen molar-refractivity contribution in [2.75, 3.05) is 56.7 Å². The number of amides is 1. The van der Waals surface area contributed by atoms with Crippen molar-refractivity contribution in [3.8, 4) is 17.8 Å². The van der Waals surface area contributed by atoms with E-state index in [4.69, 9.17) is 35.8 Å². The molecule has 0 aliphatic carbocycles. The minimum absolute atomic E-state index is 0.174. The number of aromatic nitrogens is 2. The number of carbonyl (C=O) groups is 1. The van der Waals surface area contributed by atoms with E-state index in [0.717, 1.165) is 53.5 Å². The van der Waals surface area contributed by atoms with E-state index in [1.165, 1.54) is 0 Å². The third-order valence-electron chi connectivity index (χ3n) is 8.86. The van der Waals surface area contributed by atoms with Crippen molar-refractivity contribution in [3.63, 3.8) is 0 Å². The molecule has 3 aromatic rings. The molecular formula is C33H38ClN7O4. The van der Waals surface area contributed by atoms with Gasteiger partial charge in [-0.05, 0) is 44.1 Å². The maximum Gasteiger partial charge on any atom is 0.410 e. The van der Waals surface area contributed by atoms with Gasteiger partial charge >= 0.3 is 12.1 Å². The van der Waals surface area contributed by atoms with Crippen LogP contribution < -0.4 is 19.3 Å². The Hall–Kier alpha value is -4.27. The summed E-state index contributed by atoms with van der Waals surface area (Å²) >= 11 is 6.64. The summed E-state index contributed by atoms with van der Waals surface area (Å²) in [5.41, 5.74) is 3.61. The number of carbonyl (C=O) groups excluding carboxylic acids is 1. The molecule has 12 heteroatoms. The number of methoxy groups -OCH3 is 1. The van der Waals surface area contributed by atoms with E-state index in [2.05, 4.69) is 27.8 Å². The molecule has 236 valence electrons. The van der Waals surface area contributed by atoms with Gasteiger partial charge < -0.3 is 33.8 Å². The summed E-state index contributed by atoms with van der Waals surface area (Å²) < 4.78 is 17.3. The molecule has 0 bridgehead atoms. The first-order valence-electron chi connectivity index (χ1n) is 15.3. The molecule has 3 aliphatic rings. The number of hydrogen-bond acceptors (Lipinski definition) is 10. The summed E-state index contributed by atoms with van der Waals surface area (Å²) in [5, 5.41) is 10.3. The van der Waals surface area contributed by atoms with Crippen molar-refractivity contribution in [1.82, 2.24) is 19.8 Å². The van der Waals surface area contributed by atoms with Crippen LogP contribution in [0.25, 0.3) is 0 Å². The first-order valence-corrected chi connectivity index (χ1v) is 15.7. The Morgan fingerprint density at radius 3 is 2.67 bits per heavy atom.